The van der Waals surface area contributed by atoms with Gasteiger partial charge in [0.2, 0.25) is 0 Å². The Kier molecular flexibility index (Phi) is 2.60. The molecule has 2 aromatic carbocycles. The molecule has 4 rings (SSSR count). The number of benzene rings is 2. The average Bonchev–Trinajstić information content (AvgIpc) is 2.55. The first kappa shape index (κ1) is 11.9. The Morgan fingerprint density at radius 2 is 1.62 bits per heavy atom. The first-order chi connectivity index (χ1) is 10.3. The van der Waals surface area contributed by atoms with E-state index in [9.17, 15) is 0 Å². The first-order valence-corrected chi connectivity index (χ1v) is 6.76. The predicted molar refractivity (Wildman–Crippen MR) is 82.8 cm³/mol. The SMILES string of the molecule is Cc1ccc(-c2nnc3c(ccc4ncccc43)n2)cc1. The van der Waals surface area contributed by atoms with Crippen LogP contribution in [-0.2, 0) is 0 Å². The second kappa shape index (κ2) is 4.59. The summed E-state index contributed by atoms with van der Waals surface area (Å²) in [6.07, 6.45) is 1.77. The van der Waals surface area contributed by atoms with Crippen molar-refractivity contribution in [1.29, 1.82) is 0 Å². The van der Waals surface area contributed by atoms with Crippen LogP contribution in [0.5, 0.6) is 0 Å². The van der Waals surface area contributed by atoms with Crippen molar-refractivity contribution in [1.82, 2.24) is 20.2 Å². The minimum Gasteiger partial charge on any atom is -0.256 e. The summed E-state index contributed by atoms with van der Waals surface area (Å²) in [5.74, 6) is 0.644. The third-order valence-corrected chi connectivity index (χ3v) is 3.52. The van der Waals surface area contributed by atoms with Crippen LogP contribution in [0.2, 0.25) is 0 Å². The summed E-state index contributed by atoms with van der Waals surface area (Å²) < 4.78 is 0. The maximum Gasteiger partial charge on any atom is 0.182 e. The van der Waals surface area contributed by atoms with Gasteiger partial charge >= 0.3 is 0 Å². The van der Waals surface area contributed by atoms with E-state index in [2.05, 4.69) is 27.1 Å². The zero-order valence-corrected chi connectivity index (χ0v) is 11.5. The van der Waals surface area contributed by atoms with Crippen LogP contribution in [0.1, 0.15) is 5.56 Å². The highest BCUT2D eigenvalue weighted by molar-refractivity contribution is 6.02. The number of pyridine rings is 1. The summed E-state index contributed by atoms with van der Waals surface area (Å²) in [5, 5.41) is 9.60. The molecule has 21 heavy (non-hydrogen) atoms. The van der Waals surface area contributed by atoms with Crippen LogP contribution in [0.25, 0.3) is 33.3 Å². The lowest BCUT2D eigenvalue weighted by Gasteiger charge is -2.04. The lowest BCUT2D eigenvalue weighted by atomic mass is 10.1. The molecule has 0 aliphatic heterocycles. The molecule has 2 heterocycles. The van der Waals surface area contributed by atoms with E-state index in [1.807, 2.05) is 48.5 Å². The Bertz CT molecular complexity index is 946. The highest BCUT2D eigenvalue weighted by Crippen LogP contribution is 2.22. The van der Waals surface area contributed by atoms with Crippen LogP contribution in [-0.4, -0.2) is 20.2 Å². The van der Waals surface area contributed by atoms with Gasteiger partial charge in [-0.05, 0) is 31.2 Å². The molecular weight excluding hydrogens is 260 g/mol. The molecule has 100 valence electrons. The molecule has 0 amide bonds. The lowest BCUT2D eigenvalue weighted by molar-refractivity contribution is 1.04. The summed E-state index contributed by atoms with van der Waals surface area (Å²) in [7, 11) is 0. The number of nitrogens with zero attached hydrogens (tertiary/aromatic N) is 4. The highest BCUT2D eigenvalue weighted by Gasteiger charge is 2.07. The van der Waals surface area contributed by atoms with E-state index >= 15 is 0 Å². The Morgan fingerprint density at radius 1 is 0.810 bits per heavy atom. The molecule has 0 bridgehead atoms. The van der Waals surface area contributed by atoms with Crippen molar-refractivity contribution < 1.29 is 0 Å². The van der Waals surface area contributed by atoms with Gasteiger partial charge in [0.05, 0.1) is 11.0 Å². The zero-order valence-electron chi connectivity index (χ0n) is 11.5. The monoisotopic (exact) mass is 272 g/mol. The van der Waals surface area contributed by atoms with Crippen LogP contribution >= 0.6 is 0 Å². The summed E-state index contributed by atoms with van der Waals surface area (Å²) in [5.41, 5.74) is 4.72. The van der Waals surface area contributed by atoms with Crippen molar-refractivity contribution in [2.45, 2.75) is 6.92 Å². The van der Waals surface area contributed by atoms with Gasteiger partial charge in [-0.1, -0.05) is 29.8 Å². The van der Waals surface area contributed by atoms with Gasteiger partial charge in [0.25, 0.3) is 0 Å². The molecule has 4 aromatic rings. The maximum atomic E-state index is 4.62. The molecule has 0 aliphatic carbocycles. The van der Waals surface area contributed by atoms with Crippen molar-refractivity contribution in [3.63, 3.8) is 0 Å². The number of rotatable bonds is 1. The van der Waals surface area contributed by atoms with E-state index in [-0.39, 0.29) is 0 Å². The van der Waals surface area contributed by atoms with E-state index in [0.29, 0.717) is 5.82 Å². The van der Waals surface area contributed by atoms with E-state index in [1.165, 1.54) is 5.56 Å². The first-order valence-electron chi connectivity index (χ1n) is 6.76. The second-order valence-corrected chi connectivity index (χ2v) is 5.00. The molecule has 0 saturated heterocycles. The van der Waals surface area contributed by atoms with Crippen LogP contribution in [0.4, 0.5) is 0 Å². The Morgan fingerprint density at radius 3 is 2.48 bits per heavy atom. The smallest absolute Gasteiger partial charge is 0.182 e. The van der Waals surface area contributed by atoms with Crippen molar-refractivity contribution in [2.75, 3.05) is 0 Å². The molecule has 0 N–H and O–H groups in total. The van der Waals surface area contributed by atoms with Crippen LogP contribution in [0.3, 0.4) is 0 Å². The Balaban J connectivity index is 1.94. The topological polar surface area (TPSA) is 51.6 Å². The molecule has 0 atom stereocenters. The predicted octanol–water partition coefficient (Wildman–Crippen LogP) is 3.55. The average molecular weight is 272 g/mol. The summed E-state index contributed by atoms with van der Waals surface area (Å²) >= 11 is 0. The van der Waals surface area contributed by atoms with Crippen LogP contribution in [0.15, 0.2) is 54.7 Å². The molecule has 4 heteroatoms. The molecular formula is C17H12N4. The quantitative estimate of drug-likeness (QED) is 0.497. The molecule has 0 spiro atoms. The van der Waals surface area contributed by atoms with Crippen LogP contribution < -0.4 is 0 Å². The number of hydrogen-bond donors (Lipinski definition) is 0. The number of hydrogen-bond acceptors (Lipinski definition) is 4. The van der Waals surface area contributed by atoms with Crippen molar-refractivity contribution >= 4 is 21.9 Å². The molecule has 2 aromatic heterocycles. The van der Waals surface area contributed by atoms with Crippen molar-refractivity contribution in [2.24, 2.45) is 0 Å². The Hall–Kier alpha value is -2.88. The Labute approximate surface area is 121 Å². The van der Waals surface area contributed by atoms with Crippen molar-refractivity contribution in [3.05, 3.63) is 60.3 Å². The van der Waals surface area contributed by atoms with Gasteiger partial charge < -0.3 is 0 Å². The third kappa shape index (κ3) is 2.01. The maximum absolute atomic E-state index is 4.62. The fraction of sp³-hybridized carbons (Fsp3) is 0.0588. The van der Waals surface area contributed by atoms with Crippen molar-refractivity contribution in [3.8, 4) is 11.4 Å². The van der Waals surface area contributed by atoms with Gasteiger partial charge in [-0.15, -0.1) is 10.2 Å². The molecule has 0 fully saturated rings. The van der Waals surface area contributed by atoms with E-state index in [4.69, 9.17) is 0 Å². The van der Waals surface area contributed by atoms with E-state index in [1.54, 1.807) is 6.20 Å². The van der Waals surface area contributed by atoms with Gasteiger partial charge in [0.1, 0.15) is 5.52 Å². The summed E-state index contributed by atoms with van der Waals surface area (Å²) in [4.78, 5) is 8.95. The number of aryl methyl sites for hydroxylation is 1. The minimum atomic E-state index is 0.644. The highest BCUT2D eigenvalue weighted by atomic mass is 15.2. The molecule has 0 unspecified atom stereocenters. The molecule has 0 radical (unpaired) electrons. The molecule has 0 saturated carbocycles. The minimum absolute atomic E-state index is 0.644. The van der Waals surface area contributed by atoms with E-state index in [0.717, 1.165) is 27.5 Å². The van der Waals surface area contributed by atoms with Crippen LogP contribution in [0, 0.1) is 6.92 Å². The van der Waals surface area contributed by atoms with Gasteiger partial charge in [-0.2, -0.15) is 0 Å². The van der Waals surface area contributed by atoms with E-state index < -0.39 is 0 Å². The lowest BCUT2D eigenvalue weighted by Crippen LogP contribution is -1.95. The van der Waals surface area contributed by atoms with Gasteiger partial charge in [-0.25, -0.2) is 4.98 Å². The largest absolute Gasteiger partial charge is 0.256 e. The zero-order chi connectivity index (χ0) is 14.2. The third-order valence-electron chi connectivity index (χ3n) is 3.52. The van der Waals surface area contributed by atoms with Gasteiger partial charge in [0, 0.05) is 17.1 Å². The fourth-order valence-electron chi connectivity index (χ4n) is 2.38. The normalized spacial score (nSPS) is 11.1. The standard InChI is InChI=1S/C17H12N4/c1-11-4-6-12(7-5-11)17-19-15-9-8-14-13(3-2-10-18-14)16(15)20-21-17/h2-10H,1H3. The summed E-state index contributed by atoms with van der Waals surface area (Å²) in [6.45, 7) is 2.06. The van der Waals surface area contributed by atoms with Gasteiger partial charge in [0.15, 0.2) is 5.82 Å². The molecule has 0 aliphatic rings. The number of fused-ring (bicyclic) bond motifs is 3. The number of aromatic nitrogens is 4. The molecule has 4 nitrogen and oxygen atoms in total. The summed E-state index contributed by atoms with van der Waals surface area (Å²) in [6, 6.07) is 15.9. The van der Waals surface area contributed by atoms with Gasteiger partial charge in [-0.3, -0.25) is 4.98 Å². The second-order valence-electron chi connectivity index (χ2n) is 5.00. The fourth-order valence-corrected chi connectivity index (χ4v) is 2.38.